The molecule has 0 aliphatic carbocycles. The SMILES string of the molecule is O=S(=O)(NC(Cn1cncn1)c1ccccc1)c1ccc(Br)s1. The van der Waals surface area contributed by atoms with E-state index in [9.17, 15) is 8.42 Å². The number of sulfonamides is 1. The molecule has 23 heavy (non-hydrogen) atoms. The molecule has 0 amide bonds. The molecule has 1 aromatic carbocycles. The monoisotopic (exact) mass is 412 g/mol. The Kier molecular flexibility index (Phi) is 4.90. The van der Waals surface area contributed by atoms with Crippen molar-refractivity contribution in [1.82, 2.24) is 19.5 Å². The van der Waals surface area contributed by atoms with E-state index in [1.54, 1.807) is 23.1 Å². The first-order valence-electron chi connectivity index (χ1n) is 6.69. The fourth-order valence-corrected chi connectivity index (χ4v) is 5.34. The van der Waals surface area contributed by atoms with Crippen LogP contribution in [0.25, 0.3) is 0 Å². The van der Waals surface area contributed by atoms with Gasteiger partial charge >= 0.3 is 0 Å². The second kappa shape index (κ2) is 6.91. The second-order valence-electron chi connectivity index (χ2n) is 4.76. The Bertz CT molecular complexity index is 863. The molecule has 0 bridgehead atoms. The van der Waals surface area contributed by atoms with E-state index in [2.05, 4.69) is 30.7 Å². The molecule has 0 aliphatic heterocycles. The van der Waals surface area contributed by atoms with Crippen molar-refractivity contribution in [3.63, 3.8) is 0 Å². The van der Waals surface area contributed by atoms with Crippen molar-refractivity contribution in [1.29, 1.82) is 0 Å². The number of hydrogen-bond donors (Lipinski definition) is 1. The van der Waals surface area contributed by atoms with E-state index in [0.717, 1.165) is 9.35 Å². The number of nitrogens with zero attached hydrogens (tertiary/aromatic N) is 3. The zero-order valence-corrected chi connectivity index (χ0v) is 15.1. The van der Waals surface area contributed by atoms with E-state index in [4.69, 9.17) is 0 Å². The van der Waals surface area contributed by atoms with Crippen LogP contribution in [0.2, 0.25) is 0 Å². The Balaban J connectivity index is 1.89. The summed E-state index contributed by atoms with van der Waals surface area (Å²) in [5.41, 5.74) is 0.863. The van der Waals surface area contributed by atoms with Gasteiger partial charge in [-0.3, -0.25) is 4.68 Å². The van der Waals surface area contributed by atoms with Crippen LogP contribution in [-0.4, -0.2) is 23.2 Å². The molecule has 0 radical (unpaired) electrons. The topological polar surface area (TPSA) is 76.9 Å². The van der Waals surface area contributed by atoms with Gasteiger partial charge in [-0.25, -0.2) is 18.1 Å². The predicted molar refractivity (Wildman–Crippen MR) is 91.5 cm³/mol. The maximum absolute atomic E-state index is 12.6. The normalized spacial score (nSPS) is 13.1. The number of aromatic nitrogens is 3. The summed E-state index contributed by atoms with van der Waals surface area (Å²) in [5.74, 6) is 0. The van der Waals surface area contributed by atoms with Crippen molar-refractivity contribution in [2.45, 2.75) is 16.8 Å². The third kappa shape index (κ3) is 4.05. The molecule has 0 saturated carbocycles. The Morgan fingerprint density at radius 3 is 2.61 bits per heavy atom. The van der Waals surface area contributed by atoms with Gasteiger partial charge in [0, 0.05) is 0 Å². The minimum absolute atomic E-state index is 0.267. The van der Waals surface area contributed by atoms with E-state index in [1.165, 1.54) is 17.7 Å². The van der Waals surface area contributed by atoms with Gasteiger partial charge in [-0.05, 0) is 33.6 Å². The predicted octanol–water partition coefficient (Wildman–Crippen LogP) is 2.82. The highest BCUT2D eigenvalue weighted by molar-refractivity contribution is 9.11. The van der Waals surface area contributed by atoms with Crippen molar-refractivity contribution < 1.29 is 8.42 Å². The molecule has 3 rings (SSSR count). The van der Waals surface area contributed by atoms with Gasteiger partial charge in [-0.1, -0.05) is 30.3 Å². The van der Waals surface area contributed by atoms with E-state index in [-0.39, 0.29) is 4.21 Å². The average Bonchev–Trinajstić information content (AvgIpc) is 3.19. The number of nitrogens with one attached hydrogen (secondary N) is 1. The van der Waals surface area contributed by atoms with Crippen LogP contribution in [-0.2, 0) is 16.6 Å². The molecule has 0 spiro atoms. The Morgan fingerprint density at radius 1 is 1.22 bits per heavy atom. The molecule has 2 heterocycles. The zero-order valence-electron chi connectivity index (χ0n) is 11.8. The first-order chi connectivity index (χ1) is 11.0. The van der Waals surface area contributed by atoms with E-state index in [0.29, 0.717) is 6.54 Å². The summed E-state index contributed by atoms with van der Waals surface area (Å²) in [6.07, 6.45) is 2.99. The number of halogens is 1. The quantitative estimate of drug-likeness (QED) is 0.674. The standard InChI is InChI=1S/C14H13BrN4O2S2/c15-13-6-7-14(22-13)23(20,21)18-12(8-19-10-16-9-17-19)11-4-2-1-3-5-11/h1-7,9-10,12,18H,8H2. The number of thiophene rings is 1. The highest BCUT2D eigenvalue weighted by atomic mass is 79.9. The van der Waals surface area contributed by atoms with Gasteiger partial charge in [0.25, 0.3) is 10.0 Å². The van der Waals surface area contributed by atoms with E-state index < -0.39 is 16.1 Å². The van der Waals surface area contributed by atoms with Crippen LogP contribution in [0, 0.1) is 0 Å². The van der Waals surface area contributed by atoms with Gasteiger partial charge in [0.15, 0.2) is 0 Å². The lowest BCUT2D eigenvalue weighted by Crippen LogP contribution is -2.31. The lowest BCUT2D eigenvalue weighted by Gasteiger charge is -2.18. The fraction of sp³-hybridized carbons (Fsp3) is 0.143. The van der Waals surface area contributed by atoms with Crippen LogP contribution in [0.15, 0.2) is 63.1 Å². The summed E-state index contributed by atoms with van der Waals surface area (Å²) in [6.45, 7) is 0.357. The largest absolute Gasteiger partial charge is 0.251 e. The summed E-state index contributed by atoms with van der Waals surface area (Å²) in [6, 6.07) is 12.3. The first kappa shape index (κ1) is 16.3. The third-order valence-electron chi connectivity index (χ3n) is 3.15. The van der Waals surface area contributed by atoms with Crippen LogP contribution in [0.4, 0.5) is 0 Å². The van der Waals surface area contributed by atoms with Crippen LogP contribution in [0.5, 0.6) is 0 Å². The number of rotatable bonds is 6. The summed E-state index contributed by atoms with van der Waals surface area (Å²) in [4.78, 5) is 3.90. The van der Waals surface area contributed by atoms with Crippen LogP contribution in [0.1, 0.15) is 11.6 Å². The Morgan fingerprint density at radius 2 is 2.00 bits per heavy atom. The van der Waals surface area contributed by atoms with E-state index in [1.807, 2.05) is 30.3 Å². The van der Waals surface area contributed by atoms with Gasteiger partial charge in [-0.2, -0.15) is 5.10 Å². The Hall–Kier alpha value is -1.55. The summed E-state index contributed by atoms with van der Waals surface area (Å²) >= 11 is 4.46. The first-order valence-corrected chi connectivity index (χ1v) is 9.79. The summed E-state index contributed by atoms with van der Waals surface area (Å²) in [7, 11) is -3.61. The molecule has 6 nitrogen and oxygen atoms in total. The highest BCUT2D eigenvalue weighted by Crippen LogP contribution is 2.27. The molecule has 0 saturated heterocycles. The number of hydrogen-bond acceptors (Lipinski definition) is 5. The second-order valence-corrected chi connectivity index (χ2v) is 9.16. The zero-order chi connectivity index (χ0) is 16.3. The van der Waals surface area contributed by atoms with Gasteiger partial charge in [0.2, 0.25) is 0 Å². The molecule has 1 unspecified atom stereocenters. The lowest BCUT2D eigenvalue weighted by atomic mass is 10.1. The van der Waals surface area contributed by atoms with E-state index >= 15 is 0 Å². The summed E-state index contributed by atoms with van der Waals surface area (Å²) < 4.78 is 30.6. The van der Waals surface area contributed by atoms with Gasteiger partial charge in [0.05, 0.1) is 16.4 Å². The van der Waals surface area contributed by atoms with Gasteiger partial charge < -0.3 is 0 Å². The Labute approximate surface area is 146 Å². The molecule has 3 aromatic rings. The van der Waals surface area contributed by atoms with Crippen molar-refractivity contribution in [3.05, 3.63) is 64.5 Å². The molecule has 2 aromatic heterocycles. The maximum atomic E-state index is 12.6. The molecule has 120 valence electrons. The smallest absolute Gasteiger partial charge is 0.250 e. The molecular formula is C14H13BrN4O2S2. The lowest BCUT2D eigenvalue weighted by molar-refractivity contribution is 0.483. The molecule has 0 aliphatic rings. The van der Waals surface area contributed by atoms with Crippen molar-refractivity contribution in [2.75, 3.05) is 0 Å². The van der Waals surface area contributed by atoms with Crippen molar-refractivity contribution in [3.8, 4) is 0 Å². The average molecular weight is 413 g/mol. The van der Waals surface area contributed by atoms with Crippen LogP contribution in [0.3, 0.4) is 0 Å². The summed E-state index contributed by atoms with van der Waals surface area (Å²) in [5, 5.41) is 4.05. The minimum Gasteiger partial charge on any atom is -0.251 e. The van der Waals surface area contributed by atoms with Gasteiger partial charge in [0.1, 0.15) is 16.9 Å². The van der Waals surface area contributed by atoms with Crippen molar-refractivity contribution in [2.24, 2.45) is 0 Å². The number of benzene rings is 1. The maximum Gasteiger partial charge on any atom is 0.250 e. The fourth-order valence-electron chi connectivity index (χ4n) is 2.10. The van der Waals surface area contributed by atoms with Crippen LogP contribution >= 0.6 is 27.3 Å². The van der Waals surface area contributed by atoms with Gasteiger partial charge in [-0.15, -0.1) is 11.3 Å². The molecule has 9 heteroatoms. The molecular weight excluding hydrogens is 400 g/mol. The molecule has 0 fully saturated rings. The third-order valence-corrected chi connectivity index (χ3v) is 6.74. The van der Waals surface area contributed by atoms with Crippen molar-refractivity contribution >= 4 is 37.3 Å². The molecule has 1 atom stereocenters. The molecule has 1 N–H and O–H groups in total. The minimum atomic E-state index is -3.61. The van der Waals surface area contributed by atoms with Crippen LogP contribution < -0.4 is 4.72 Å². The highest BCUT2D eigenvalue weighted by Gasteiger charge is 2.23.